The van der Waals surface area contributed by atoms with Crippen molar-refractivity contribution in [2.45, 2.75) is 107 Å². The highest BCUT2D eigenvalue weighted by Gasteiger charge is 2.29. The molecule has 2 aliphatic heterocycles. The fourth-order valence-corrected chi connectivity index (χ4v) is 9.12. The Morgan fingerprint density at radius 3 is 1.15 bits per heavy atom. The van der Waals surface area contributed by atoms with E-state index >= 15 is 0 Å². The van der Waals surface area contributed by atoms with Crippen LogP contribution in [0.1, 0.15) is 113 Å². The van der Waals surface area contributed by atoms with Gasteiger partial charge in [0.05, 0.1) is 33.8 Å². The molecule has 0 aliphatic carbocycles. The SMILES string of the molecule is CCC1=C(CC)c2nc1c(-c1ccccc1)c1c(CC)c(CC)c(cc3nc(cc4c(CC)c(CC)c(c2-c2ccccc2)n4CC)C=C3)n1CC. The summed E-state index contributed by atoms with van der Waals surface area (Å²) in [4.78, 5) is 11.2. The summed E-state index contributed by atoms with van der Waals surface area (Å²) in [6.07, 6.45) is 10.0. The standard InChI is InChI=1S/C48H54N4/c1-9-35-39(13-5)47-43(31-23-19-17-20-24-31)45-37(11-3)38(12-4)46(50-45)44(32-25-21-18-22-26-32)48-40(14-6)36(10-2)42(52(48)16-8)30-34-28-27-33(49-34)29-41(35)51(47)15-7/h17-30H,9-16H2,1-8H3. The first kappa shape index (κ1) is 35.4. The molecule has 0 saturated heterocycles. The van der Waals surface area contributed by atoms with Crippen LogP contribution in [0.5, 0.6) is 0 Å². The molecule has 7 rings (SSSR count). The summed E-state index contributed by atoms with van der Waals surface area (Å²) in [5, 5.41) is 0. The Bertz CT molecular complexity index is 2200. The second-order valence-electron chi connectivity index (χ2n) is 13.8. The molecule has 4 nitrogen and oxygen atoms in total. The number of benzene rings is 2. The Balaban J connectivity index is 1.90. The van der Waals surface area contributed by atoms with Crippen molar-refractivity contribution in [3.05, 3.63) is 118 Å². The number of rotatable bonds is 10. The van der Waals surface area contributed by atoms with Crippen LogP contribution in [0.3, 0.4) is 0 Å². The van der Waals surface area contributed by atoms with Gasteiger partial charge in [-0.2, -0.15) is 0 Å². The van der Waals surface area contributed by atoms with Gasteiger partial charge in [-0.15, -0.1) is 0 Å². The van der Waals surface area contributed by atoms with Crippen LogP contribution in [0.2, 0.25) is 0 Å². The molecule has 8 bridgehead atoms. The second-order valence-corrected chi connectivity index (χ2v) is 13.8. The largest absolute Gasteiger partial charge is 0.341 e. The van der Waals surface area contributed by atoms with E-state index in [-0.39, 0.29) is 0 Å². The molecule has 0 saturated carbocycles. The molecule has 52 heavy (non-hydrogen) atoms. The van der Waals surface area contributed by atoms with Gasteiger partial charge in [0.2, 0.25) is 0 Å². The summed E-state index contributed by atoms with van der Waals surface area (Å²) in [6.45, 7) is 20.2. The maximum absolute atomic E-state index is 5.95. The zero-order valence-corrected chi connectivity index (χ0v) is 32.5. The topological polar surface area (TPSA) is 35.6 Å². The van der Waals surface area contributed by atoms with E-state index in [2.05, 4.69) is 149 Å². The molecule has 266 valence electrons. The van der Waals surface area contributed by atoms with Crippen molar-refractivity contribution in [3.63, 3.8) is 0 Å². The molecule has 0 fully saturated rings. The van der Waals surface area contributed by atoms with E-state index in [0.717, 1.165) is 74.4 Å². The van der Waals surface area contributed by atoms with Gasteiger partial charge in [0, 0.05) is 35.2 Å². The third-order valence-electron chi connectivity index (χ3n) is 11.3. The normalized spacial score (nSPS) is 12.7. The van der Waals surface area contributed by atoms with Crippen LogP contribution >= 0.6 is 0 Å². The van der Waals surface area contributed by atoms with Gasteiger partial charge < -0.3 is 9.13 Å². The van der Waals surface area contributed by atoms with Crippen LogP contribution in [-0.2, 0) is 38.8 Å². The molecule has 0 amide bonds. The van der Waals surface area contributed by atoms with E-state index in [1.54, 1.807) is 0 Å². The summed E-state index contributed by atoms with van der Waals surface area (Å²) in [5.41, 5.74) is 22.7. The van der Waals surface area contributed by atoms with Gasteiger partial charge in [0.25, 0.3) is 0 Å². The maximum Gasteiger partial charge on any atom is 0.0772 e. The van der Waals surface area contributed by atoms with Crippen LogP contribution in [0.15, 0.2) is 72.8 Å². The summed E-state index contributed by atoms with van der Waals surface area (Å²) in [6, 6.07) is 26.8. The number of hydrogen-bond acceptors (Lipinski definition) is 2. The number of hydrogen-bond donors (Lipinski definition) is 0. The van der Waals surface area contributed by atoms with Crippen LogP contribution in [0, 0.1) is 0 Å². The molecule has 0 radical (unpaired) electrons. The lowest BCUT2D eigenvalue weighted by Crippen LogP contribution is -1.99. The zero-order chi connectivity index (χ0) is 36.5. The first-order valence-electron chi connectivity index (χ1n) is 19.8. The van der Waals surface area contributed by atoms with Crippen molar-refractivity contribution < 1.29 is 0 Å². The van der Waals surface area contributed by atoms with Crippen LogP contribution in [0.4, 0.5) is 0 Å². The van der Waals surface area contributed by atoms with Gasteiger partial charge >= 0.3 is 0 Å². The lowest BCUT2D eigenvalue weighted by molar-refractivity contribution is 0.821. The summed E-state index contributed by atoms with van der Waals surface area (Å²) in [5.74, 6) is 0. The Hall–Kier alpha value is -4.96. The quantitative estimate of drug-likeness (QED) is 0.144. The minimum absolute atomic E-state index is 0.853. The molecule has 0 N–H and O–H groups in total. The van der Waals surface area contributed by atoms with E-state index in [9.17, 15) is 0 Å². The molecule has 4 heteroatoms. The molecule has 5 heterocycles. The lowest BCUT2D eigenvalue weighted by atomic mass is 9.91. The van der Waals surface area contributed by atoms with E-state index in [1.807, 2.05) is 0 Å². The van der Waals surface area contributed by atoms with Gasteiger partial charge in [0.15, 0.2) is 0 Å². The van der Waals surface area contributed by atoms with Crippen molar-refractivity contribution in [2.75, 3.05) is 0 Å². The Morgan fingerprint density at radius 1 is 0.442 bits per heavy atom. The summed E-state index contributed by atoms with van der Waals surface area (Å²) >= 11 is 0. The third-order valence-corrected chi connectivity index (χ3v) is 11.3. The Morgan fingerprint density at radius 2 is 0.827 bits per heavy atom. The number of aromatic nitrogens is 4. The minimum Gasteiger partial charge on any atom is -0.341 e. The molecule has 3 aromatic heterocycles. The molecule has 0 spiro atoms. The van der Waals surface area contributed by atoms with Crippen molar-refractivity contribution in [1.82, 2.24) is 19.1 Å². The fourth-order valence-electron chi connectivity index (χ4n) is 9.12. The van der Waals surface area contributed by atoms with Gasteiger partial charge in [0.1, 0.15) is 0 Å². The first-order chi connectivity index (χ1) is 25.5. The number of aryl methyl sites for hydroxylation is 6. The van der Waals surface area contributed by atoms with E-state index in [0.29, 0.717) is 0 Å². The average molecular weight is 687 g/mol. The van der Waals surface area contributed by atoms with Crippen molar-refractivity contribution in [3.8, 4) is 22.3 Å². The molecule has 2 aromatic carbocycles. The van der Waals surface area contributed by atoms with Crippen LogP contribution in [0.25, 0.3) is 67.6 Å². The third kappa shape index (κ3) is 5.68. The zero-order valence-electron chi connectivity index (χ0n) is 32.5. The van der Waals surface area contributed by atoms with Crippen molar-refractivity contribution in [2.24, 2.45) is 0 Å². The molecule has 5 aromatic rings. The van der Waals surface area contributed by atoms with Gasteiger partial charge in [-0.1, -0.05) is 102 Å². The number of fused-ring (bicyclic) bond motifs is 8. The van der Waals surface area contributed by atoms with Crippen LogP contribution in [-0.4, -0.2) is 19.1 Å². The first-order valence-corrected chi connectivity index (χ1v) is 19.8. The predicted molar refractivity (Wildman–Crippen MR) is 224 cm³/mol. The molecule has 0 atom stereocenters. The molecule has 2 aliphatic rings. The van der Waals surface area contributed by atoms with E-state index in [4.69, 9.17) is 9.97 Å². The highest BCUT2D eigenvalue weighted by Crippen LogP contribution is 2.47. The maximum atomic E-state index is 5.95. The Kier molecular flexibility index (Phi) is 10.2. The van der Waals surface area contributed by atoms with Crippen molar-refractivity contribution in [1.29, 1.82) is 0 Å². The summed E-state index contributed by atoms with van der Waals surface area (Å²) < 4.78 is 5.12. The van der Waals surface area contributed by atoms with Crippen molar-refractivity contribution >= 4 is 45.4 Å². The highest BCUT2D eigenvalue weighted by atomic mass is 15.0. The van der Waals surface area contributed by atoms with Gasteiger partial charge in [-0.25, -0.2) is 9.97 Å². The second kappa shape index (κ2) is 14.9. The average Bonchev–Trinajstić information content (AvgIpc) is 3.93. The molecular formula is C48H54N4. The number of allylic oxidation sites excluding steroid dienone is 2. The summed E-state index contributed by atoms with van der Waals surface area (Å²) in [7, 11) is 0. The highest BCUT2D eigenvalue weighted by molar-refractivity contribution is 6.06. The fraction of sp³-hybridized carbons (Fsp3) is 0.333. The van der Waals surface area contributed by atoms with E-state index in [1.165, 1.54) is 77.7 Å². The smallest absolute Gasteiger partial charge is 0.0772 e. The monoisotopic (exact) mass is 686 g/mol. The lowest BCUT2D eigenvalue weighted by Gasteiger charge is -2.14. The van der Waals surface area contributed by atoms with Crippen LogP contribution < -0.4 is 0 Å². The number of nitrogens with zero attached hydrogens (tertiary/aromatic N) is 4. The van der Waals surface area contributed by atoms with E-state index < -0.39 is 0 Å². The van der Waals surface area contributed by atoms with Gasteiger partial charge in [-0.05, 0) is 121 Å². The molecule has 0 unspecified atom stereocenters. The molecular weight excluding hydrogens is 633 g/mol. The Labute approximate surface area is 310 Å². The van der Waals surface area contributed by atoms with Gasteiger partial charge in [-0.3, -0.25) is 0 Å². The minimum atomic E-state index is 0.853. The predicted octanol–water partition coefficient (Wildman–Crippen LogP) is 12.8.